The first-order valence-corrected chi connectivity index (χ1v) is 8.52. The second-order valence-electron chi connectivity index (χ2n) is 5.60. The molecule has 1 aromatic carbocycles. The van der Waals surface area contributed by atoms with Gasteiger partial charge in [-0.15, -0.1) is 24.0 Å². The van der Waals surface area contributed by atoms with Gasteiger partial charge in [0.05, 0.1) is 12.6 Å². The average Bonchev–Trinajstić information content (AvgIpc) is 3.04. The zero-order valence-electron chi connectivity index (χ0n) is 15.6. The molecule has 0 radical (unpaired) electrons. The fraction of sp³-hybridized carbons (Fsp3) is 0.471. The zero-order chi connectivity index (χ0) is 19.6. The minimum atomic E-state index is -2.88. The molecule has 0 fully saturated rings. The van der Waals surface area contributed by atoms with Crippen molar-refractivity contribution in [2.75, 3.05) is 19.6 Å². The summed E-state index contributed by atoms with van der Waals surface area (Å²) in [5, 5.41) is 20.1. The predicted molar refractivity (Wildman–Crippen MR) is 110 cm³/mol. The molecule has 0 bridgehead atoms. The molecule has 0 amide bonds. The van der Waals surface area contributed by atoms with Crippen LogP contribution in [0.2, 0.25) is 0 Å². The molecule has 1 atom stereocenters. The number of rotatable bonds is 9. The van der Waals surface area contributed by atoms with Crippen molar-refractivity contribution in [3.05, 3.63) is 41.5 Å². The number of nitrogens with one attached hydrogen (secondary N) is 2. The van der Waals surface area contributed by atoms with Crippen LogP contribution in [0.5, 0.6) is 5.75 Å². The summed E-state index contributed by atoms with van der Waals surface area (Å²) in [6, 6.07) is 5.81. The number of aryl methyl sites for hydroxylation is 1. The van der Waals surface area contributed by atoms with Gasteiger partial charge in [0.15, 0.2) is 11.8 Å². The molecule has 8 nitrogen and oxygen atoms in total. The van der Waals surface area contributed by atoms with Crippen LogP contribution in [0.1, 0.15) is 30.3 Å². The van der Waals surface area contributed by atoms with Crippen LogP contribution in [-0.4, -0.2) is 47.5 Å². The number of ether oxygens (including phenoxy) is 1. The van der Waals surface area contributed by atoms with Gasteiger partial charge in [-0.1, -0.05) is 17.3 Å². The molecule has 0 aliphatic carbocycles. The quantitative estimate of drug-likeness (QED) is 0.270. The van der Waals surface area contributed by atoms with E-state index in [1.807, 2.05) is 6.92 Å². The Morgan fingerprint density at radius 3 is 2.57 bits per heavy atom. The minimum Gasteiger partial charge on any atom is -0.435 e. The number of benzene rings is 1. The first-order chi connectivity index (χ1) is 13.0. The maximum atomic E-state index is 12.2. The van der Waals surface area contributed by atoms with E-state index >= 15 is 0 Å². The number of nitrogens with zero attached hydrogens (tertiary/aromatic N) is 3. The van der Waals surface area contributed by atoms with Crippen LogP contribution in [0, 0.1) is 6.92 Å². The first-order valence-electron chi connectivity index (χ1n) is 8.52. The molecule has 3 N–H and O–H groups in total. The van der Waals surface area contributed by atoms with Gasteiger partial charge in [-0.2, -0.15) is 13.8 Å². The van der Waals surface area contributed by atoms with Crippen molar-refractivity contribution in [1.29, 1.82) is 0 Å². The molecule has 1 unspecified atom stereocenters. The second-order valence-corrected chi connectivity index (χ2v) is 5.60. The van der Waals surface area contributed by atoms with E-state index in [0.717, 1.165) is 0 Å². The van der Waals surface area contributed by atoms with E-state index in [4.69, 9.17) is 4.52 Å². The van der Waals surface area contributed by atoms with Crippen LogP contribution in [-0.2, 0) is 6.42 Å². The Balaban J connectivity index is 0.00000392. The molecule has 0 saturated heterocycles. The van der Waals surface area contributed by atoms with Crippen molar-refractivity contribution >= 4 is 29.9 Å². The van der Waals surface area contributed by atoms with Crippen molar-refractivity contribution in [1.82, 2.24) is 20.8 Å². The Morgan fingerprint density at radius 1 is 1.29 bits per heavy atom. The molecule has 2 rings (SSSR count). The number of aliphatic hydroxyl groups excluding tert-OH is 1. The third-order valence-electron chi connectivity index (χ3n) is 3.46. The number of hydrogen-bond donors (Lipinski definition) is 3. The van der Waals surface area contributed by atoms with Gasteiger partial charge in [-0.25, -0.2) is 0 Å². The third-order valence-corrected chi connectivity index (χ3v) is 3.46. The van der Waals surface area contributed by atoms with Crippen molar-refractivity contribution in [2.45, 2.75) is 33.0 Å². The van der Waals surface area contributed by atoms with Crippen LogP contribution in [0.15, 0.2) is 33.8 Å². The van der Waals surface area contributed by atoms with Crippen molar-refractivity contribution < 1.29 is 23.1 Å². The van der Waals surface area contributed by atoms with E-state index in [-0.39, 0.29) is 36.3 Å². The summed E-state index contributed by atoms with van der Waals surface area (Å²) in [7, 11) is 0. The molecule has 11 heteroatoms. The zero-order valence-corrected chi connectivity index (χ0v) is 17.9. The highest BCUT2D eigenvalue weighted by Gasteiger charge is 2.10. The predicted octanol–water partition coefficient (Wildman–Crippen LogP) is 2.43. The van der Waals surface area contributed by atoms with E-state index in [9.17, 15) is 13.9 Å². The number of guanidine groups is 1. The number of alkyl halides is 2. The molecular formula is C17H24F2IN5O3. The summed E-state index contributed by atoms with van der Waals surface area (Å²) in [4.78, 5) is 8.44. The Hall–Kier alpha value is -2.02. The number of aromatic nitrogens is 2. The van der Waals surface area contributed by atoms with E-state index < -0.39 is 12.7 Å². The molecule has 28 heavy (non-hydrogen) atoms. The molecule has 0 saturated carbocycles. The van der Waals surface area contributed by atoms with Crippen LogP contribution >= 0.6 is 24.0 Å². The van der Waals surface area contributed by atoms with Crippen molar-refractivity contribution in [3.8, 4) is 5.75 Å². The topological polar surface area (TPSA) is 105 Å². The summed E-state index contributed by atoms with van der Waals surface area (Å²) >= 11 is 0. The van der Waals surface area contributed by atoms with E-state index in [0.29, 0.717) is 42.7 Å². The molecule has 1 heterocycles. The maximum absolute atomic E-state index is 12.2. The minimum absolute atomic E-state index is 0. The van der Waals surface area contributed by atoms with Gasteiger partial charge in [0, 0.05) is 19.5 Å². The number of halogens is 3. The lowest BCUT2D eigenvalue weighted by Crippen LogP contribution is -2.38. The number of hydrogen-bond acceptors (Lipinski definition) is 6. The van der Waals surface area contributed by atoms with Gasteiger partial charge < -0.3 is 25.0 Å². The molecule has 156 valence electrons. The van der Waals surface area contributed by atoms with Gasteiger partial charge in [0.1, 0.15) is 5.75 Å². The fourth-order valence-electron chi connectivity index (χ4n) is 2.23. The summed E-state index contributed by atoms with van der Waals surface area (Å²) in [5.41, 5.74) is 0.553. The third kappa shape index (κ3) is 8.33. The SMILES string of the molecule is CCNC(=NCC(O)c1ccc(OC(F)F)cc1)NCCc1nc(C)no1.I. The lowest BCUT2D eigenvalue weighted by Gasteiger charge is -2.13. The smallest absolute Gasteiger partial charge is 0.387 e. The average molecular weight is 511 g/mol. The van der Waals surface area contributed by atoms with Crippen LogP contribution in [0.4, 0.5) is 8.78 Å². The summed E-state index contributed by atoms with van der Waals surface area (Å²) < 4.78 is 33.6. The largest absolute Gasteiger partial charge is 0.435 e. The maximum Gasteiger partial charge on any atom is 0.387 e. The summed E-state index contributed by atoms with van der Waals surface area (Å²) in [5.74, 6) is 1.68. The Morgan fingerprint density at radius 2 is 2.00 bits per heavy atom. The Bertz CT molecular complexity index is 728. The fourth-order valence-corrected chi connectivity index (χ4v) is 2.23. The lowest BCUT2D eigenvalue weighted by molar-refractivity contribution is -0.0498. The lowest BCUT2D eigenvalue weighted by atomic mass is 10.1. The molecule has 2 aromatic rings. The molecule has 1 aromatic heterocycles. The molecule has 0 aliphatic heterocycles. The Kier molecular flexibility index (Phi) is 10.7. The summed E-state index contributed by atoms with van der Waals surface area (Å²) in [6.07, 6.45) is -0.334. The van der Waals surface area contributed by atoms with E-state index in [1.165, 1.54) is 24.3 Å². The van der Waals surface area contributed by atoms with Crippen LogP contribution in [0.3, 0.4) is 0 Å². The van der Waals surface area contributed by atoms with Crippen molar-refractivity contribution in [2.24, 2.45) is 4.99 Å². The highest BCUT2D eigenvalue weighted by atomic mass is 127. The van der Waals surface area contributed by atoms with Gasteiger partial charge in [-0.3, -0.25) is 4.99 Å². The van der Waals surface area contributed by atoms with Gasteiger partial charge >= 0.3 is 6.61 Å². The Labute approximate surface area is 178 Å². The molecule has 0 spiro atoms. The van der Waals surface area contributed by atoms with Gasteiger partial charge in [0.2, 0.25) is 5.89 Å². The highest BCUT2D eigenvalue weighted by Crippen LogP contribution is 2.19. The molecule has 0 aliphatic rings. The van der Waals surface area contributed by atoms with Crippen molar-refractivity contribution in [3.63, 3.8) is 0 Å². The first kappa shape index (κ1) is 24.0. The van der Waals surface area contributed by atoms with Crippen LogP contribution < -0.4 is 15.4 Å². The van der Waals surface area contributed by atoms with Gasteiger partial charge in [-0.05, 0) is 31.5 Å². The van der Waals surface area contributed by atoms with Gasteiger partial charge in [0.25, 0.3) is 0 Å². The van der Waals surface area contributed by atoms with E-state index in [2.05, 4.69) is 30.5 Å². The number of aliphatic imine (C=N–C) groups is 1. The van der Waals surface area contributed by atoms with Crippen LogP contribution in [0.25, 0.3) is 0 Å². The van der Waals surface area contributed by atoms with E-state index in [1.54, 1.807) is 6.92 Å². The molecular weight excluding hydrogens is 487 g/mol. The second kappa shape index (κ2) is 12.4. The number of aliphatic hydroxyl groups is 1. The standard InChI is InChI=1S/C17H23F2N5O3.HI/c1-3-20-17(21-9-8-15-23-11(2)24-27-15)22-10-14(25)12-4-6-13(7-5-12)26-16(18)19;/h4-7,14,16,25H,3,8-10H2,1-2H3,(H2,20,21,22);1H. The normalized spacial score (nSPS) is 12.4. The monoisotopic (exact) mass is 511 g/mol. The summed E-state index contributed by atoms with van der Waals surface area (Å²) in [6.45, 7) is 2.08. The highest BCUT2D eigenvalue weighted by molar-refractivity contribution is 14.0.